The van der Waals surface area contributed by atoms with Gasteiger partial charge in [-0.25, -0.2) is 4.39 Å². The first-order valence-corrected chi connectivity index (χ1v) is 10.7. The van der Waals surface area contributed by atoms with Crippen LogP contribution in [0.15, 0.2) is 66.7 Å². The van der Waals surface area contributed by atoms with Gasteiger partial charge in [0.05, 0.1) is 10.6 Å². The fraction of sp³-hybridized carbons (Fsp3) is 0.200. The van der Waals surface area contributed by atoms with E-state index in [0.717, 1.165) is 11.1 Å². The maximum atomic E-state index is 13.3. The minimum absolute atomic E-state index is 0.130. The second-order valence-electron chi connectivity index (χ2n) is 7.59. The molecule has 0 aliphatic carbocycles. The maximum absolute atomic E-state index is 13.3. The van der Waals surface area contributed by atoms with E-state index in [1.165, 1.54) is 12.1 Å². The lowest BCUT2D eigenvalue weighted by Crippen LogP contribution is -2.38. The monoisotopic (exact) mass is 452 g/mol. The fourth-order valence-electron chi connectivity index (χ4n) is 3.63. The van der Waals surface area contributed by atoms with E-state index in [2.05, 4.69) is 5.32 Å². The molecular weight excluding hydrogens is 431 g/mol. The number of rotatable bonds is 5. The van der Waals surface area contributed by atoms with Crippen LogP contribution in [0.4, 0.5) is 10.1 Å². The Kier molecular flexibility index (Phi) is 6.42. The van der Waals surface area contributed by atoms with Crippen molar-refractivity contribution in [3.63, 3.8) is 0 Å². The number of nitrogens with one attached hydrogen (secondary N) is 1. The normalized spacial score (nSPS) is 15.5. The van der Waals surface area contributed by atoms with Crippen LogP contribution >= 0.6 is 11.6 Å². The van der Waals surface area contributed by atoms with E-state index in [0.29, 0.717) is 41.5 Å². The van der Waals surface area contributed by atoms with Crippen LogP contribution in [0, 0.1) is 5.82 Å². The molecule has 3 aromatic rings. The molecule has 0 saturated heterocycles. The summed E-state index contributed by atoms with van der Waals surface area (Å²) in [4.78, 5) is 27.4. The highest BCUT2D eigenvalue weighted by Crippen LogP contribution is 2.30. The van der Waals surface area contributed by atoms with E-state index in [4.69, 9.17) is 16.3 Å². The number of fused-ring (bicyclic) bond motifs is 1. The van der Waals surface area contributed by atoms with Crippen molar-refractivity contribution in [2.45, 2.75) is 32.5 Å². The van der Waals surface area contributed by atoms with Crippen molar-refractivity contribution in [2.75, 3.05) is 5.32 Å². The lowest BCUT2D eigenvalue weighted by Gasteiger charge is -2.23. The Morgan fingerprint density at radius 2 is 1.91 bits per heavy atom. The van der Waals surface area contributed by atoms with Crippen molar-refractivity contribution in [2.24, 2.45) is 0 Å². The lowest BCUT2D eigenvalue weighted by atomic mass is 10.1. The molecule has 0 unspecified atom stereocenters. The molecule has 0 fully saturated rings. The van der Waals surface area contributed by atoms with Crippen molar-refractivity contribution < 1.29 is 18.7 Å². The van der Waals surface area contributed by atoms with Gasteiger partial charge < -0.3 is 15.0 Å². The van der Waals surface area contributed by atoms with Crippen molar-refractivity contribution in [1.82, 2.24) is 4.90 Å². The first kappa shape index (κ1) is 21.8. The number of benzene rings is 3. The highest BCUT2D eigenvalue weighted by atomic mass is 35.5. The zero-order valence-electron chi connectivity index (χ0n) is 17.5. The average molecular weight is 453 g/mol. The standard InChI is InChI=1S/C25H22ClFN2O3/c1-2-22-25(31)29(14-16-7-9-18(27)10-8-16)15-17-13-19(11-12-23(17)32-22)28-24(30)20-5-3-4-6-21(20)26/h3-13,22H,2,14-15H2,1H3,(H,28,30)/t22-/m0/s1. The van der Waals surface area contributed by atoms with E-state index in [9.17, 15) is 14.0 Å². The number of hydrogen-bond acceptors (Lipinski definition) is 3. The summed E-state index contributed by atoms with van der Waals surface area (Å²) in [5.74, 6) is -0.178. The molecule has 7 heteroatoms. The number of ether oxygens (including phenoxy) is 1. The topological polar surface area (TPSA) is 58.6 Å². The second kappa shape index (κ2) is 9.40. The van der Waals surface area contributed by atoms with Crippen LogP contribution in [0.25, 0.3) is 0 Å². The summed E-state index contributed by atoms with van der Waals surface area (Å²) in [7, 11) is 0. The molecule has 3 aromatic carbocycles. The molecule has 2 amide bonds. The minimum Gasteiger partial charge on any atom is -0.480 e. The molecule has 1 aliphatic rings. The molecule has 0 aromatic heterocycles. The first-order chi connectivity index (χ1) is 15.4. The molecule has 5 nitrogen and oxygen atoms in total. The van der Waals surface area contributed by atoms with Crippen LogP contribution in [-0.2, 0) is 17.9 Å². The largest absolute Gasteiger partial charge is 0.480 e. The van der Waals surface area contributed by atoms with Gasteiger partial charge in [0.2, 0.25) is 0 Å². The molecular formula is C25H22ClFN2O3. The molecule has 0 bridgehead atoms. The van der Waals surface area contributed by atoms with E-state index < -0.39 is 6.10 Å². The van der Waals surface area contributed by atoms with Crippen LogP contribution in [-0.4, -0.2) is 22.8 Å². The zero-order chi connectivity index (χ0) is 22.7. The predicted octanol–water partition coefficient (Wildman–Crippen LogP) is 5.43. The van der Waals surface area contributed by atoms with Gasteiger partial charge in [-0.05, 0) is 54.4 Å². The van der Waals surface area contributed by atoms with E-state index in [-0.39, 0.29) is 17.6 Å². The van der Waals surface area contributed by atoms with Crippen LogP contribution < -0.4 is 10.1 Å². The summed E-state index contributed by atoms with van der Waals surface area (Å²) in [5.41, 5.74) is 2.54. The minimum atomic E-state index is -0.611. The number of amides is 2. The molecule has 0 saturated carbocycles. The number of hydrogen-bond donors (Lipinski definition) is 1. The van der Waals surface area contributed by atoms with Gasteiger partial charge in [0.15, 0.2) is 6.10 Å². The second-order valence-corrected chi connectivity index (χ2v) is 8.00. The van der Waals surface area contributed by atoms with Crippen molar-refractivity contribution >= 4 is 29.1 Å². The fourth-order valence-corrected chi connectivity index (χ4v) is 3.85. The van der Waals surface area contributed by atoms with Crippen molar-refractivity contribution in [1.29, 1.82) is 0 Å². The molecule has 164 valence electrons. The van der Waals surface area contributed by atoms with Crippen molar-refractivity contribution in [3.05, 3.63) is 94.3 Å². The summed E-state index contributed by atoms with van der Waals surface area (Å²) in [5, 5.41) is 3.22. The molecule has 4 rings (SSSR count). The third-order valence-electron chi connectivity index (χ3n) is 5.31. The van der Waals surface area contributed by atoms with E-state index in [1.54, 1.807) is 59.5 Å². The summed E-state index contributed by atoms with van der Waals surface area (Å²) < 4.78 is 19.3. The quantitative estimate of drug-likeness (QED) is 0.561. The van der Waals surface area contributed by atoms with Gasteiger partial charge >= 0.3 is 0 Å². The zero-order valence-corrected chi connectivity index (χ0v) is 18.2. The number of nitrogens with zero attached hydrogens (tertiary/aromatic N) is 1. The van der Waals surface area contributed by atoms with Gasteiger partial charge in [0, 0.05) is 24.3 Å². The Bertz CT molecular complexity index is 1150. The van der Waals surface area contributed by atoms with Gasteiger partial charge in [0.25, 0.3) is 11.8 Å². The Balaban J connectivity index is 1.59. The highest BCUT2D eigenvalue weighted by Gasteiger charge is 2.30. The summed E-state index contributed by atoms with van der Waals surface area (Å²) in [6.07, 6.45) is -0.0938. The summed E-state index contributed by atoms with van der Waals surface area (Å²) in [6.45, 7) is 2.52. The Morgan fingerprint density at radius 3 is 2.62 bits per heavy atom. The molecule has 1 aliphatic heterocycles. The highest BCUT2D eigenvalue weighted by molar-refractivity contribution is 6.34. The predicted molar refractivity (Wildman–Crippen MR) is 121 cm³/mol. The van der Waals surface area contributed by atoms with E-state index in [1.807, 2.05) is 6.92 Å². The molecule has 1 N–H and O–H groups in total. The summed E-state index contributed by atoms with van der Waals surface area (Å²) >= 11 is 6.13. The van der Waals surface area contributed by atoms with Gasteiger partial charge in [-0.2, -0.15) is 0 Å². The first-order valence-electron chi connectivity index (χ1n) is 10.3. The van der Waals surface area contributed by atoms with Crippen LogP contribution in [0.2, 0.25) is 5.02 Å². The number of anilines is 1. The van der Waals surface area contributed by atoms with E-state index >= 15 is 0 Å². The number of carbonyl (C=O) groups is 2. The molecule has 1 atom stereocenters. The molecule has 1 heterocycles. The van der Waals surface area contributed by atoms with Gasteiger partial charge in [-0.15, -0.1) is 0 Å². The van der Waals surface area contributed by atoms with Crippen molar-refractivity contribution in [3.8, 4) is 5.75 Å². The Hall–Kier alpha value is -3.38. The van der Waals surface area contributed by atoms with Gasteiger partial charge in [-0.3, -0.25) is 9.59 Å². The molecule has 0 spiro atoms. The summed E-state index contributed by atoms with van der Waals surface area (Å²) in [6, 6.07) is 18.2. The SMILES string of the molecule is CC[C@@H]1Oc2ccc(NC(=O)c3ccccc3Cl)cc2CN(Cc2ccc(F)cc2)C1=O. The van der Waals surface area contributed by atoms with Crippen LogP contribution in [0.3, 0.4) is 0 Å². The third-order valence-corrected chi connectivity index (χ3v) is 5.64. The smallest absolute Gasteiger partial charge is 0.264 e. The Labute approximate surface area is 190 Å². The Morgan fingerprint density at radius 1 is 1.16 bits per heavy atom. The van der Waals surface area contributed by atoms with Gasteiger partial charge in [0.1, 0.15) is 11.6 Å². The van der Waals surface area contributed by atoms with Gasteiger partial charge in [-0.1, -0.05) is 42.8 Å². The molecule has 32 heavy (non-hydrogen) atoms. The maximum Gasteiger partial charge on any atom is 0.264 e. The third kappa shape index (κ3) is 4.75. The number of carbonyl (C=O) groups excluding carboxylic acids is 2. The number of halogens is 2. The lowest BCUT2D eigenvalue weighted by molar-refractivity contribution is -0.139. The van der Waals surface area contributed by atoms with Crippen LogP contribution in [0.1, 0.15) is 34.8 Å². The molecule has 0 radical (unpaired) electrons. The van der Waals surface area contributed by atoms with Crippen LogP contribution in [0.5, 0.6) is 5.75 Å². The average Bonchev–Trinajstić information content (AvgIpc) is 2.91.